The molecule has 0 aliphatic rings. The molecule has 5 rings (SSSR count). The lowest BCUT2D eigenvalue weighted by Crippen LogP contribution is -2.22. The zero-order chi connectivity index (χ0) is 26.1. The quantitative estimate of drug-likeness (QED) is 0.249. The van der Waals surface area contributed by atoms with Gasteiger partial charge in [-0.1, -0.05) is 53.2 Å². The van der Waals surface area contributed by atoms with Crippen molar-refractivity contribution in [3.8, 4) is 0 Å². The SMILES string of the molecule is CCCc1nc2ccc(Br)cc2c(=O)n1N=Cc1c(C)n(Cc2ccc(C(=O)O)cc2)c2ccccc12. The Morgan fingerprint density at radius 2 is 1.84 bits per heavy atom. The fourth-order valence-corrected chi connectivity index (χ4v) is 4.94. The number of aromatic nitrogens is 3. The number of rotatable bonds is 7. The van der Waals surface area contributed by atoms with Gasteiger partial charge in [-0.3, -0.25) is 4.79 Å². The lowest BCUT2D eigenvalue weighted by Gasteiger charge is -2.10. The van der Waals surface area contributed by atoms with E-state index >= 15 is 0 Å². The summed E-state index contributed by atoms with van der Waals surface area (Å²) in [6, 6.07) is 20.5. The Morgan fingerprint density at radius 1 is 1.08 bits per heavy atom. The van der Waals surface area contributed by atoms with E-state index in [1.807, 2.05) is 56.3 Å². The molecule has 7 nitrogen and oxygen atoms in total. The van der Waals surface area contributed by atoms with Crippen LogP contribution in [0.5, 0.6) is 0 Å². The van der Waals surface area contributed by atoms with Gasteiger partial charge in [-0.15, -0.1) is 0 Å². The van der Waals surface area contributed by atoms with Gasteiger partial charge < -0.3 is 9.67 Å². The van der Waals surface area contributed by atoms with Crippen LogP contribution in [0.2, 0.25) is 0 Å². The van der Waals surface area contributed by atoms with Crippen molar-refractivity contribution in [3.05, 3.63) is 110 Å². The molecule has 0 radical (unpaired) electrons. The number of carboxylic acids is 1. The highest BCUT2D eigenvalue weighted by Crippen LogP contribution is 2.26. The molecule has 0 saturated carbocycles. The summed E-state index contributed by atoms with van der Waals surface area (Å²) in [6.45, 7) is 4.65. The first-order valence-electron chi connectivity index (χ1n) is 12.0. The molecule has 0 aliphatic carbocycles. The molecule has 8 heteroatoms. The predicted molar refractivity (Wildman–Crippen MR) is 150 cm³/mol. The van der Waals surface area contributed by atoms with Gasteiger partial charge in [0.1, 0.15) is 5.82 Å². The van der Waals surface area contributed by atoms with Crippen LogP contribution in [0.3, 0.4) is 0 Å². The maximum absolute atomic E-state index is 13.4. The Bertz CT molecular complexity index is 1730. The number of halogens is 1. The number of nitrogens with zero attached hydrogens (tertiary/aromatic N) is 4. The van der Waals surface area contributed by atoms with E-state index in [0.29, 0.717) is 29.7 Å². The molecule has 0 amide bonds. The van der Waals surface area contributed by atoms with E-state index in [1.54, 1.807) is 24.4 Å². The van der Waals surface area contributed by atoms with Crippen molar-refractivity contribution in [2.24, 2.45) is 5.10 Å². The predicted octanol–water partition coefficient (Wildman–Crippen LogP) is 6.00. The molecule has 0 saturated heterocycles. The molecule has 3 aromatic carbocycles. The van der Waals surface area contributed by atoms with Crippen molar-refractivity contribution >= 4 is 49.9 Å². The third-order valence-electron chi connectivity index (χ3n) is 6.47. The number of aryl methyl sites for hydroxylation is 1. The summed E-state index contributed by atoms with van der Waals surface area (Å²) in [7, 11) is 0. The summed E-state index contributed by atoms with van der Waals surface area (Å²) >= 11 is 3.45. The van der Waals surface area contributed by atoms with Crippen LogP contribution in [-0.2, 0) is 13.0 Å². The average Bonchev–Trinajstić information content (AvgIpc) is 3.15. The van der Waals surface area contributed by atoms with Gasteiger partial charge in [0, 0.05) is 39.6 Å². The van der Waals surface area contributed by atoms with Crippen LogP contribution in [0.4, 0.5) is 0 Å². The Labute approximate surface area is 221 Å². The molecule has 0 aliphatic heterocycles. The standard InChI is InChI=1S/C29H25BrN4O3/c1-3-6-27-32-25-14-13-21(30)15-23(25)28(35)34(27)31-16-24-18(2)33(26-8-5-4-7-22(24)26)17-19-9-11-20(12-10-19)29(36)37/h4-5,7-16H,3,6,17H2,1-2H3,(H,36,37). The fourth-order valence-electron chi connectivity index (χ4n) is 4.57. The van der Waals surface area contributed by atoms with Gasteiger partial charge in [-0.25, -0.2) is 9.78 Å². The molecule has 37 heavy (non-hydrogen) atoms. The molecule has 186 valence electrons. The molecule has 5 aromatic rings. The van der Waals surface area contributed by atoms with Crippen molar-refractivity contribution in [3.63, 3.8) is 0 Å². The minimum absolute atomic E-state index is 0.203. The number of aromatic carboxylic acids is 1. The van der Waals surface area contributed by atoms with Crippen LogP contribution in [0.15, 0.2) is 81.1 Å². The van der Waals surface area contributed by atoms with Crippen molar-refractivity contribution in [1.29, 1.82) is 0 Å². The van der Waals surface area contributed by atoms with Gasteiger partial charge in [0.25, 0.3) is 5.56 Å². The molecule has 0 atom stereocenters. The summed E-state index contributed by atoms with van der Waals surface area (Å²) in [4.78, 5) is 29.4. The Morgan fingerprint density at radius 3 is 2.57 bits per heavy atom. The molecule has 2 aromatic heterocycles. The maximum atomic E-state index is 13.4. The van der Waals surface area contributed by atoms with Crippen LogP contribution in [-0.4, -0.2) is 31.5 Å². The van der Waals surface area contributed by atoms with E-state index in [0.717, 1.165) is 38.6 Å². The number of hydrogen-bond donors (Lipinski definition) is 1. The number of carbonyl (C=O) groups is 1. The molecule has 0 bridgehead atoms. The van der Waals surface area contributed by atoms with E-state index in [9.17, 15) is 14.7 Å². The van der Waals surface area contributed by atoms with Crippen molar-refractivity contribution in [2.45, 2.75) is 33.2 Å². The first kappa shape index (κ1) is 24.6. The fraction of sp³-hybridized carbons (Fsp3) is 0.172. The second-order valence-electron chi connectivity index (χ2n) is 8.91. The van der Waals surface area contributed by atoms with Crippen LogP contribution in [0.25, 0.3) is 21.8 Å². The highest BCUT2D eigenvalue weighted by atomic mass is 79.9. The molecule has 0 unspecified atom stereocenters. The molecule has 0 spiro atoms. The summed E-state index contributed by atoms with van der Waals surface area (Å²) < 4.78 is 4.40. The smallest absolute Gasteiger partial charge is 0.335 e. The topological polar surface area (TPSA) is 89.5 Å². The largest absolute Gasteiger partial charge is 0.478 e. The van der Waals surface area contributed by atoms with E-state index in [1.165, 1.54) is 4.68 Å². The lowest BCUT2D eigenvalue weighted by atomic mass is 10.1. The normalized spacial score (nSPS) is 11.6. The highest BCUT2D eigenvalue weighted by Gasteiger charge is 2.15. The molecular formula is C29H25BrN4O3. The molecule has 2 heterocycles. The van der Waals surface area contributed by atoms with E-state index in [-0.39, 0.29) is 11.1 Å². The van der Waals surface area contributed by atoms with Gasteiger partial charge in [-0.05, 0) is 55.3 Å². The number of carboxylic acid groups (broad SMARTS) is 1. The zero-order valence-corrected chi connectivity index (χ0v) is 22.1. The highest BCUT2D eigenvalue weighted by molar-refractivity contribution is 9.10. The summed E-state index contributed by atoms with van der Waals surface area (Å²) in [6.07, 6.45) is 3.21. The minimum atomic E-state index is -0.944. The number of benzene rings is 3. The van der Waals surface area contributed by atoms with Crippen LogP contribution >= 0.6 is 15.9 Å². The maximum Gasteiger partial charge on any atom is 0.335 e. The summed E-state index contributed by atoms with van der Waals surface area (Å²) in [5.41, 5.74) is 4.65. The Balaban J connectivity index is 1.61. The van der Waals surface area contributed by atoms with Gasteiger partial charge >= 0.3 is 5.97 Å². The monoisotopic (exact) mass is 556 g/mol. The second-order valence-corrected chi connectivity index (χ2v) is 9.82. The second kappa shape index (κ2) is 10.1. The van der Waals surface area contributed by atoms with Crippen molar-refractivity contribution in [2.75, 3.05) is 0 Å². The zero-order valence-electron chi connectivity index (χ0n) is 20.5. The van der Waals surface area contributed by atoms with E-state index < -0.39 is 5.97 Å². The third kappa shape index (κ3) is 4.72. The van der Waals surface area contributed by atoms with Crippen LogP contribution < -0.4 is 5.56 Å². The summed E-state index contributed by atoms with van der Waals surface area (Å²) in [5, 5.41) is 15.4. The molecule has 1 N–H and O–H groups in total. The third-order valence-corrected chi connectivity index (χ3v) is 6.97. The van der Waals surface area contributed by atoms with E-state index in [2.05, 4.69) is 31.7 Å². The number of para-hydroxylation sites is 1. The van der Waals surface area contributed by atoms with Gasteiger partial charge in [-0.2, -0.15) is 9.78 Å². The first-order valence-corrected chi connectivity index (χ1v) is 12.8. The molecule has 0 fully saturated rings. The van der Waals surface area contributed by atoms with Crippen LogP contribution in [0, 0.1) is 6.92 Å². The van der Waals surface area contributed by atoms with E-state index in [4.69, 9.17) is 4.98 Å². The van der Waals surface area contributed by atoms with Gasteiger partial charge in [0.2, 0.25) is 0 Å². The number of fused-ring (bicyclic) bond motifs is 2. The van der Waals surface area contributed by atoms with Gasteiger partial charge in [0.15, 0.2) is 0 Å². The van der Waals surface area contributed by atoms with Crippen molar-refractivity contribution in [1.82, 2.24) is 14.2 Å². The number of hydrogen-bond acceptors (Lipinski definition) is 4. The Kier molecular flexibility index (Phi) is 6.76. The van der Waals surface area contributed by atoms with Crippen molar-refractivity contribution < 1.29 is 9.90 Å². The average molecular weight is 557 g/mol. The Hall–Kier alpha value is -4.04. The van der Waals surface area contributed by atoms with Crippen LogP contribution in [0.1, 0.15) is 46.3 Å². The minimum Gasteiger partial charge on any atom is -0.478 e. The lowest BCUT2D eigenvalue weighted by molar-refractivity contribution is 0.0697. The van der Waals surface area contributed by atoms with Gasteiger partial charge in [0.05, 0.1) is 22.7 Å². The molecular weight excluding hydrogens is 532 g/mol. The summed E-state index contributed by atoms with van der Waals surface area (Å²) in [5.74, 6) is -0.320. The first-order chi connectivity index (χ1) is 17.9.